The first-order valence-corrected chi connectivity index (χ1v) is 4.77. The molecule has 1 unspecified atom stereocenters. The Morgan fingerprint density at radius 3 is 2.57 bits per heavy atom. The van der Waals surface area contributed by atoms with Crippen LogP contribution >= 0.6 is 0 Å². The fourth-order valence-corrected chi connectivity index (χ4v) is 1.74. The van der Waals surface area contributed by atoms with E-state index in [1.807, 2.05) is 27.0 Å². The molecule has 1 rings (SSSR count). The molecule has 0 aliphatic carbocycles. The van der Waals surface area contributed by atoms with Crippen molar-refractivity contribution in [2.24, 2.45) is 0 Å². The summed E-state index contributed by atoms with van der Waals surface area (Å²) >= 11 is 0. The van der Waals surface area contributed by atoms with Crippen LogP contribution in [0.1, 0.15) is 31.4 Å². The van der Waals surface area contributed by atoms with Gasteiger partial charge in [-0.3, -0.25) is 0 Å². The molecule has 0 N–H and O–H groups in total. The Kier molecular flexibility index (Phi) is 2.93. The van der Waals surface area contributed by atoms with E-state index < -0.39 is 12.0 Å². The number of aromatic nitrogens is 2. The number of hydrogen-bond donors (Lipinski definition) is 0. The molecule has 0 aromatic carbocycles. The van der Waals surface area contributed by atoms with Crippen LogP contribution < -0.4 is 9.67 Å². The van der Waals surface area contributed by atoms with Gasteiger partial charge in [0.25, 0.3) is 5.82 Å². The van der Waals surface area contributed by atoms with E-state index in [4.69, 9.17) is 0 Å². The Bertz CT molecular complexity index is 355. The van der Waals surface area contributed by atoms with Gasteiger partial charge in [0.2, 0.25) is 0 Å². The maximum atomic E-state index is 10.7. The van der Waals surface area contributed by atoms with E-state index in [0.717, 1.165) is 18.1 Å². The summed E-state index contributed by atoms with van der Waals surface area (Å²) in [6.45, 7) is 8.39. The number of carbonyl (C=O) groups excluding carboxylic acids is 1. The first-order chi connectivity index (χ1) is 6.49. The quantitative estimate of drug-likeness (QED) is 0.624. The van der Waals surface area contributed by atoms with Gasteiger partial charge in [-0.1, -0.05) is 0 Å². The van der Waals surface area contributed by atoms with Crippen molar-refractivity contribution in [3.05, 3.63) is 17.7 Å². The average molecular weight is 196 g/mol. The smallest absolute Gasteiger partial charge is 0.253 e. The molecule has 1 aromatic heterocycles. The van der Waals surface area contributed by atoms with Gasteiger partial charge in [0.05, 0.1) is 12.5 Å². The van der Waals surface area contributed by atoms with Gasteiger partial charge < -0.3 is 9.90 Å². The molecule has 14 heavy (non-hydrogen) atoms. The second-order valence-electron chi connectivity index (χ2n) is 3.46. The number of aryl methyl sites for hydroxylation is 1. The monoisotopic (exact) mass is 196 g/mol. The van der Waals surface area contributed by atoms with E-state index in [-0.39, 0.29) is 0 Å². The molecular formula is C10H16N2O2. The number of rotatable bonds is 3. The molecule has 0 aliphatic heterocycles. The van der Waals surface area contributed by atoms with Crippen molar-refractivity contribution in [3.63, 3.8) is 0 Å². The van der Waals surface area contributed by atoms with E-state index in [2.05, 4.69) is 4.57 Å². The third kappa shape index (κ3) is 1.64. The summed E-state index contributed by atoms with van der Waals surface area (Å²) in [6.07, 6.45) is 1.85. The number of carboxylic acid groups (broad SMARTS) is 1. The predicted molar refractivity (Wildman–Crippen MR) is 49.5 cm³/mol. The largest absolute Gasteiger partial charge is 0.546 e. The number of carbonyl (C=O) groups is 1. The Morgan fingerprint density at radius 2 is 2.21 bits per heavy atom. The number of aliphatic carboxylic acids is 1. The van der Waals surface area contributed by atoms with Crippen LogP contribution in [-0.4, -0.2) is 10.5 Å². The minimum Gasteiger partial charge on any atom is -0.546 e. The van der Waals surface area contributed by atoms with Crippen LogP contribution in [0, 0.1) is 13.8 Å². The molecule has 78 valence electrons. The SMILES string of the molecule is CCn1c(C)c[n+](C(C)C(=O)[O-])c1C. The summed E-state index contributed by atoms with van der Waals surface area (Å²) in [7, 11) is 0. The molecule has 4 heteroatoms. The highest BCUT2D eigenvalue weighted by atomic mass is 16.4. The lowest BCUT2D eigenvalue weighted by Crippen LogP contribution is -2.48. The summed E-state index contributed by atoms with van der Waals surface area (Å²) in [6, 6.07) is -0.610. The summed E-state index contributed by atoms with van der Waals surface area (Å²) < 4.78 is 3.80. The molecule has 0 saturated carbocycles. The Hall–Kier alpha value is -1.32. The lowest BCUT2D eigenvalue weighted by atomic mass is 10.3. The Labute approximate surface area is 83.8 Å². The third-order valence-electron chi connectivity index (χ3n) is 2.59. The molecule has 0 saturated heterocycles. The van der Waals surface area contributed by atoms with E-state index in [0.29, 0.717) is 0 Å². The van der Waals surface area contributed by atoms with Gasteiger partial charge in [0, 0.05) is 13.8 Å². The lowest BCUT2D eigenvalue weighted by Gasteiger charge is -2.09. The topological polar surface area (TPSA) is 48.9 Å². The molecular weight excluding hydrogens is 180 g/mol. The molecule has 0 spiro atoms. The van der Waals surface area contributed by atoms with E-state index >= 15 is 0 Å². The zero-order chi connectivity index (χ0) is 10.9. The van der Waals surface area contributed by atoms with Crippen molar-refractivity contribution in [1.82, 2.24) is 4.57 Å². The second kappa shape index (κ2) is 3.82. The molecule has 0 aliphatic rings. The lowest BCUT2D eigenvalue weighted by molar-refractivity contribution is -0.717. The average Bonchev–Trinajstić information content (AvgIpc) is 2.40. The standard InChI is InChI=1S/C10H16N2O2/c1-5-11-7(2)6-12(9(11)4)8(3)10(13)14/h6,8H,5H2,1-4H3. The van der Waals surface area contributed by atoms with Crippen LogP contribution in [0.4, 0.5) is 0 Å². The summed E-state index contributed by atoms with van der Waals surface area (Å²) in [4.78, 5) is 10.7. The van der Waals surface area contributed by atoms with Crippen molar-refractivity contribution in [2.75, 3.05) is 0 Å². The number of nitrogens with zero attached hydrogens (tertiary/aromatic N) is 2. The fourth-order valence-electron chi connectivity index (χ4n) is 1.74. The Balaban J connectivity index is 3.17. The highest BCUT2D eigenvalue weighted by Gasteiger charge is 2.20. The van der Waals surface area contributed by atoms with Gasteiger partial charge >= 0.3 is 0 Å². The highest BCUT2D eigenvalue weighted by molar-refractivity contribution is 5.66. The second-order valence-corrected chi connectivity index (χ2v) is 3.46. The van der Waals surface area contributed by atoms with Gasteiger partial charge in [0.1, 0.15) is 17.9 Å². The first kappa shape index (κ1) is 10.8. The molecule has 1 heterocycles. The van der Waals surface area contributed by atoms with Crippen LogP contribution in [0.15, 0.2) is 6.20 Å². The van der Waals surface area contributed by atoms with Gasteiger partial charge in [-0.25, -0.2) is 9.13 Å². The molecule has 1 atom stereocenters. The van der Waals surface area contributed by atoms with Crippen molar-refractivity contribution < 1.29 is 14.5 Å². The summed E-state index contributed by atoms with van der Waals surface area (Å²) in [5.74, 6) is -0.104. The predicted octanol–water partition coefficient (Wildman–Crippen LogP) is -0.277. The fraction of sp³-hybridized carbons (Fsp3) is 0.600. The van der Waals surface area contributed by atoms with Gasteiger partial charge in [0.15, 0.2) is 0 Å². The van der Waals surface area contributed by atoms with E-state index in [1.54, 1.807) is 11.5 Å². The first-order valence-electron chi connectivity index (χ1n) is 4.77. The molecule has 0 fully saturated rings. The van der Waals surface area contributed by atoms with E-state index in [9.17, 15) is 9.90 Å². The summed E-state index contributed by atoms with van der Waals surface area (Å²) in [5, 5.41) is 10.7. The third-order valence-corrected chi connectivity index (χ3v) is 2.59. The molecule has 1 aromatic rings. The molecule has 0 radical (unpaired) electrons. The zero-order valence-electron chi connectivity index (χ0n) is 9.07. The van der Waals surface area contributed by atoms with Crippen LogP contribution in [0.2, 0.25) is 0 Å². The zero-order valence-corrected chi connectivity index (χ0v) is 9.07. The van der Waals surface area contributed by atoms with Crippen molar-refractivity contribution in [3.8, 4) is 0 Å². The normalized spacial score (nSPS) is 12.9. The van der Waals surface area contributed by atoms with Crippen molar-refractivity contribution in [1.29, 1.82) is 0 Å². The molecule has 0 bridgehead atoms. The van der Waals surface area contributed by atoms with Crippen LogP contribution in [-0.2, 0) is 11.3 Å². The minimum absolute atomic E-state index is 0.610. The minimum atomic E-state index is -1.05. The van der Waals surface area contributed by atoms with Gasteiger partial charge in [-0.2, -0.15) is 0 Å². The van der Waals surface area contributed by atoms with E-state index in [1.165, 1.54) is 0 Å². The number of carboxylic acids is 1. The molecule has 0 amide bonds. The Morgan fingerprint density at radius 1 is 1.64 bits per heavy atom. The van der Waals surface area contributed by atoms with Crippen LogP contribution in [0.25, 0.3) is 0 Å². The summed E-state index contributed by atoms with van der Waals surface area (Å²) in [5.41, 5.74) is 1.07. The van der Waals surface area contributed by atoms with Crippen molar-refractivity contribution in [2.45, 2.75) is 40.3 Å². The maximum absolute atomic E-state index is 10.7. The van der Waals surface area contributed by atoms with Crippen LogP contribution in [0.5, 0.6) is 0 Å². The van der Waals surface area contributed by atoms with Gasteiger partial charge in [-0.05, 0) is 13.8 Å². The highest BCUT2D eigenvalue weighted by Crippen LogP contribution is 2.04. The molecule has 4 nitrogen and oxygen atoms in total. The number of imidazole rings is 1. The van der Waals surface area contributed by atoms with Crippen molar-refractivity contribution >= 4 is 5.97 Å². The van der Waals surface area contributed by atoms with Crippen LogP contribution in [0.3, 0.4) is 0 Å². The maximum Gasteiger partial charge on any atom is 0.253 e. The number of hydrogen-bond acceptors (Lipinski definition) is 2. The van der Waals surface area contributed by atoms with Gasteiger partial charge in [-0.15, -0.1) is 0 Å².